The minimum atomic E-state index is -4.48. The molecule has 0 bridgehead atoms. The zero-order valence-electron chi connectivity index (χ0n) is 14.9. The van der Waals surface area contributed by atoms with Crippen LogP contribution in [0.1, 0.15) is 29.3 Å². The zero-order chi connectivity index (χ0) is 20.5. The number of nitrogens with zero attached hydrogens (tertiary/aromatic N) is 1. The van der Waals surface area contributed by atoms with E-state index in [0.29, 0.717) is 6.54 Å². The predicted octanol–water partition coefficient (Wildman–Crippen LogP) is 3.56. The number of hydrogen-bond donors (Lipinski definition) is 3. The van der Waals surface area contributed by atoms with E-state index in [-0.39, 0.29) is 48.6 Å². The second-order valence-corrected chi connectivity index (χ2v) is 5.38. The Morgan fingerprint density at radius 1 is 0.964 bits per heavy atom. The lowest BCUT2D eigenvalue weighted by Gasteiger charge is -2.12. The zero-order valence-corrected chi connectivity index (χ0v) is 17.2. The number of amides is 1. The van der Waals surface area contributed by atoms with Gasteiger partial charge >= 0.3 is 12.4 Å². The summed E-state index contributed by atoms with van der Waals surface area (Å²) in [6.07, 6.45) is -9.82. The number of carbonyl (C=O) groups is 1. The van der Waals surface area contributed by atoms with Gasteiger partial charge in [0.15, 0.2) is 5.96 Å². The molecular formula is C16H21F6IN4O. The van der Waals surface area contributed by atoms with Gasteiger partial charge in [-0.05, 0) is 31.2 Å². The SMILES string of the molecule is CCNC(=NCCC(F)(F)F)NCCNC(=O)c1ccc(C(F)(F)F)cc1.I. The minimum Gasteiger partial charge on any atom is -0.357 e. The second-order valence-electron chi connectivity index (χ2n) is 5.38. The lowest BCUT2D eigenvalue weighted by Crippen LogP contribution is -2.41. The maximum atomic E-state index is 12.5. The quantitative estimate of drug-likeness (QED) is 0.168. The number of aliphatic imine (C=N–C) groups is 1. The van der Waals surface area contributed by atoms with E-state index in [9.17, 15) is 31.1 Å². The van der Waals surface area contributed by atoms with E-state index in [4.69, 9.17) is 0 Å². The fourth-order valence-corrected chi connectivity index (χ4v) is 1.91. The Balaban J connectivity index is 0.00000729. The predicted molar refractivity (Wildman–Crippen MR) is 104 cm³/mol. The van der Waals surface area contributed by atoms with Crippen molar-refractivity contribution in [2.45, 2.75) is 25.7 Å². The summed E-state index contributed by atoms with van der Waals surface area (Å²) in [6.45, 7) is 2.02. The molecule has 1 amide bonds. The van der Waals surface area contributed by atoms with Crippen LogP contribution in [0.5, 0.6) is 0 Å². The smallest absolute Gasteiger partial charge is 0.357 e. The average Bonchev–Trinajstić information content (AvgIpc) is 2.56. The van der Waals surface area contributed by atoms with Crippen molar-refractivity contribution in [3.8, 4) is 0 Å². The summed E-state index contributed by atoms with van der Waals surface area (Å²) in [7, 11) is 0. The van der Waals surface area contributed by atoms with Crippen molar-refractivity contribution in [3.05, 3.63) is 35.4 Å². The van der Waals surface area contributed by atoms with Crippen LogP contribution in [0.15, 0.2) is 29.3 Å². The van der Waals surface area contributed by atoms with Gasteiger partial charge in [-0.25, -0.2) is 0 Å². The first-order valence-electron chi connectivity index (χ1n) is 8.07. The molecule has 3 N–H and O–H groups in total. The van der Waals surface area contributed by atoms with Gasteiger partial charge in [-0.2, -0.15) is 26.3 Å². The molecule has 1 aromatic rings. The molecule has 0 unspecified atom stereocenters. The molecule has 0 saturated carbocycles. The van der Waals surface area contributed by atoms with E-state index in [0.717, 1.165) is 24.3 Å². The van der Waals surface area contributed by atoms with E-state index >= 15 is 0 Å². The molecule has 12 heteroatoms. The summed E-state index contributed by atoms with van der Waals surface area (Å²) >= 11 is 0. The third-order valence-corrected chi connectivity index (χ3v) is 3.19. The fourth-order valence-electron chi connectivity index (χ4n) is 1.91. The van der Waals surface area contributed by atoms with Gasteiger partial charge in [-0.1, -0.05) is 0 Å². The van der Waals surface area contributed by atoms with E-state index in [2.05, 4.69) is 20.9 Å². The van der Waals surface area contributed by atoms with Gasteiger partial charge in [0.25, 0.3) is 5.91 Å². The molecule has 0 saturated heterocycles. The molecule has 1 aromatic carbocycles. The van der Waals surface area contributed by atoms with Crippen LogP contribution in [-0.2, 0) is 6.18 Å². The second kappa shape index (κ2) is 12.0. The van der Waals surface area contributed by atoms with Gasteiger partial charge in [0, 0.05) is 25.2 Å². The minimum absolute atomic E-state index is 0. The summed E-state index contributed by atoms with van der Waals surface area (Å²) < 4.78 is 73.8. The first-order valence-corrected chi connectivity index (χ1v) is 8.07. The van der Waals surface area contributed by atoms with Crippen LogP contribution in [0.3, 0.4) is 0 Å². The largest absolute Gasteiger partial charge is 0.416 e. The van der Waals surface area contributed by atoms with E-state index in [1.807, 2.05) is 0 Å². The topological polar surface area (TPSA) is 65.5 Å². The van der Waals surface area contributed by atoms with Crippen molar-refractivity contribution < 1.29 is 31.1 Å². The molecule has 0 atom stereocenters. The molecule has 5 nitrogen and oxygen atoms in total. The number of halogens is 7. The highest BCUT2D eigenvalue weighted by Gasteiger charge is 2.30. The van der Waals surface area contributed by atoms with Gasteiger partial charge in [-0.3, -0.25) is 9.79 Å². The van der Waals surface area contributed by atoms with Gasteiger partial charge in [0.2, 0.25) is 0 Å². The Morgan fingerprint density at radius 2 is 1.54 bits per heavy atom. The summed E-state index contributed by atoms with van der Waals surface area (Å²) in [5.74, 6) is -0.393. The van der Waals surface area contributed by atoms with Crippen LogP contribution in [0.25, 0.3) is 0 Å². The van der Waals surface area contributed by atoms with Gasteiger partial charge < -0.3 is 16.0 Å². The molecule has 0 spiro atoms. The average molecular weight is 526 g/mol. The first-order chi connectivity index (χ1) is 12.5. The van der Waals surface area contributed by atoms with Crippen molar-refractivity contribution in [2.75, 3.05) is 26.2 Å². The van der Waals surface area contributed by atoms with Gasteiger partial charge in [0.05, 0.1) is 18.5 Å². The molecule has 1 rings (SSSR count). The molecule has 28 heavy (non-hydrogen) atoms. The van der Waals surface area contributed by atoms with Crippen molar-refractivity contribution in [3.63, 3.8) is 0 Å². The van der Waals surface area contributed by atoms with E-state index in [1.54, 1.807) is 6.92 Å². The van der Waals surface area contributed by atoms with Crippen LogP contribution < -0.4 is 16.0 Å². The monoisotopic (exact) mass is 526 g/mol. The third-order valence-electron chi connectivity index (χ3n) is 3.19. The lowest BCUT2D eigenvalue weighted by molar-refractivity contribution is -0.137. The summed E-state index contributed by atoms with van der Waals surface area (Å²) in [6, 6.07) is 3.75. The molecule has 0 aliphatic heterocycles. The maximum absolute atomic E-state index is 12.5. The molecule has 160 valence electrons. The van der Waals surface area contributed by atoms with Crippen LogP contribution >= 0.6 is 24.0 Å². The Morgan fingerprint density at radius 3 is 2.04 bits per heavy atom. The fraction of sp³-hybridized carbons (Fsp3) is 0.500. The van der Waals surface area contributed by atoms with Crippen molar-refractivity contribution in [1.82, 2.24) is 16.0 Å². The molecule has 0 aliphatic carbocycles. The maximum Gasteiger partial charge on any atom is 0.416 e. The summed E-state index contributed by atoms with van der Waals surface area (Å²) in [5.41, 5.74) is -0.792. The molecule has 0 radical (unpaired) electrons. The van der Waals surface area contributed by atoms with Crippen LogP contribution in [0.4, 0.5) is 26.3 Å². The Labute approximate surface area is 175 Å². The molecular weight excluding hydrogens is 505 g/mol. The highest BCUT2D eigenvalue weighted by molar-refractivity contribution is 14.0. The number of benzene rings is 1. The first kappa shape index (κ1) is 26.3. The van der Waals surface area contributed by atoms with Crippen molar-refractivity contribution >= 4 is 35.8 Å². The standard InChI is InChI=1S/C16H20F6N4O.HI/c1-2-23-14(25-8-7-15(17,18)19)26-10-9-24-13(27)11-3-5-12(6-4-11)16(20,21)22;/h3-6H,2,7-10H2,1H3,(H,24,27)(H2,23,25,26);1H. The number of hydrogen-bond acceptors (Lipinski definition) is 2. The number of nitrogens with one attached hydrogen (secondary N) is 3. The molecule has 0 fully saturated rings. The van der Waals surface area contributed by atoms with Gasteiger partial charge in [0.1, 0.15) is 0 Å². The number of carbonyl (C=O) groups excluding carboxylic acids is 1. The number of rotatable bonds is 7. The summed E-state index contributed by atoms with van der Waals surface area (Å²) in [5, 5.41) is 8.00. The molecule has 0 aromatic heterocycles. The Bertz CT molecular complexity index is 632. The normalized spacial score (nSPS) is 12.2. The highest BCUT2D eigenvalue weighted by Crippen LogP contribution is 2.29. The van der Waals surface area contributed by atoms with Crippen LogP contribution in [0, 0.1) is 0 Å². The van der Waals surface area contributed by atoms with E-state index in [1.165, 1.54) is 0 Å². The van der Waals surface area contributed by atoms with E-state index < -0.39 is 36.8 Å². The van der Waals surface area contributed by atoms with Gasteiger partial charge in [-0.15, -0.1) is 24.0 Å². The van der Waals surface area contributed by atoms with Crippen molar-refractivity contribution in [1.29, 1.82) is 0 Å². The number of guanidine groups is 1. The third kappa shape index (κ3) is 10.6. The Hall–Kier alpha value is -1.73. The molecule has 0 aliphatic rings. The lowest BCUT2D eigenvalue weighted by atomic mass is 10.1. The molecule has 0 heterocycles. The van der Waals surface area contributed by atoms with Crippen LogP contribution in [-0.4, -0.2) is 44.2 Å². The van der Waals surface area contributed by atoms with Crippen LogP contribution in [0.2, 0.25) is 0 Å². The van der Waals surface area contributed by atoms with Crippen molar-refractivity contribution in [2.24, 2.45) is 4.99 Å². The summed E-state index contributed by atoms with van der Waals surface area (Å²) in [4.78, 5) is 15.6. The number of alkyl halides is 6. The highest BCUT2D eigenvalue weighted by atomic mass is 127. The Kier molecular flexibility index (Phi) is 11.2.